The first-order valence-corrected chi connectivity index (χ1v) is 6.33. The first kappa shape index (κ1) is 10.6. The molecule has 4 rings (SSSR count). The first-order chi connectivity index (χ1) is 9.21. The maximum Gasteiger partial charge on any atom is 0.175 e. The summed E-state index contributed by atoms with van der Waals surface area (Å²) < 4.78 is 0. The van der Waals surface area contributed by atoms with Crippen molar-refractivity contribution in [1.82, 2.24) is 4.98 Å². The van der Waals surface area contributed by atoms with E-state index >= 15 is 0 Å². The van der Waals surface area contributed by atoms with Gasteiger partial charge in [-0.3, -0.25) is 4.79 Å². The summed E-state index contributed by atoms with van der Waals surface area (Å²) in [5.41, 5.74) is 8.89. The molecule has 1 aliphatic heterocycles. The van der Waals surface area contributed by atoms with Crippen LogP contribution in [0, 0.1) is 0 Å². The average molecular weight is 251 g/mol. The van der Waals surface area contributed by atoms with Crippen molar-refractivity contribution in [2.45, 2.75) is 11.8 Å². The van der Waals surface area contributed by atoms with Gasteiger partial charge in [0, 0.05) is 29.6 Å². The molecule has 1 aromatic carbocycles. The molecule has 0 fully saturated rings. The Morgan fingerprint density at radius 2 is 2.21 bits per heavy atom. The van der Waals surface area contributed by atoms with Crippen LogP contribution in [-0.4, -0.2) is 17.3 Å². The summed E-state index contributed by atoms with van der Waals surface area (Å²) in [6.45, 7) is 0.618. The number of benzene rings is 1. The summed E-state index contributed by atoms with van der Waals surface area (Å²) in [6.07, 6.45) is 2.45. The van der Waals surface area contributed by atoms with Gasteiger partial charge in [0.1, 0.15) is 5.82 Å². The molecule has 0 bridgehead atoms. The molecule has 3 N–H and O–H groups in total. The molecule has 0 saturated carbocycles. The van der Waals surface area contributed by atoms with E-state index in [9.17, 15) is 4.79 Å². The number of nitrogens with two attached hydrogens (primary N) is 1. The second-order valence-electron chi connectivity index (χ2n) is 5.26. The van der Waals surface area contributed by atoms with Crippen LogP contribution >= 0.6 is 0 Å². The van der Waals surface area contributed by atoms with Crippen molar-refractivity contribution in [1.29, 1.82) is 0 Å². The van der Waals surface area contributed by atoms with Crippen LogP contribution in [0.2, 0.25) is 0 Å². The molecule has 1 atom stereocenters. The van der Waals surface area contributed by atoms with Crippen LogP contribution < -0.4 is 11.1 Å². The zero-order valence-electron chi connectivity index (χ0n) is 10.3. The minimum Gasteiger partial charge on any atom is -0.399 e. The van der Waals surface area contributed by atoms with E-state index in [2.05, 4.69) is 10.3 Å². The lowest BCUT2D eigenvalue weighted by Gasteiger charge is -2.20. The zero-order valence-corrected chi connectivity index (χ0v) is 10.3. The zero-order chi connectivity index (χ0) is 13.0. The van der Waals surface area contributed by atoms with E-state index in [0.717, 1.165) is 22.5 Å². The number of fused-ring (bicyclic) bond motifs is 3. The Hall–Kier alpha value is -2.36. The average Bonchev–Trinajstić information content (AvgIpc) is 2.91. The summed E-state index contributed by atoms with van der Waals surface area (Å²) in [4.78, 5) is 17.1. The van der Waals surface area contributed by atoms with Crippen molar-refractivity contribution in [2.24, 2.45) is 0 Å². The van der Waals surface area contributed by atoms with Crippen molar-refractivity contribution >= 4 is 17.3 Å². The van der Waals surface area contributed by atoms with Gasteiger partial charge in [0.05, 0.1) is 5.41 Å². The Kier molecular flexibility index (Phi) is 1.86. The molecule has 19 heavy (non-hydrogen) atoms. The van der Waals surface area contributed by atoms with E-state index in [-0.39, 0.29) is 5.78 Å². The highest BCUT2D eigenvalue weighted by Crippen LogP contribution is 2.45. The van der Waals surface area contributed by atoms with Gasteiger partial charge in [-0.05, 0) is 36.2 Å². The molecule has 0 saturated heterocycles. The smallest absolute Gasteiger partial charge is 0.175 e. The van der Waals surface area contributed by atoms with Gasteiger partial charge in [-0.25, -0.2) is 4.98 Å². The van der Waals surface area contributed by atoms with Crippen LogP contribution in [0.5, 0.6) is 0 Å². The van der Waals surface area contributed by atoms with E-state index in [1.165, 1.54) is 0 Å². The van der Waals surface area contributed by atoms with Gasteiger partial charge in [-0.1, -0.05) is 6.07 Å². The highest BCUT2D eigenvalue weighted by atomic mass is 16.1. The maximum atomic E-state index is 12.8. The number of hydrogen-bond donors (Lipinski definition) is 2. The topological polar surface area (TPSA) is 68.0 Å². The number of aromatic nitrogens is 1. The molecule has 94 valence electrons. The molecule has 1 aromatic heterocycles. The normalized spacial score (nSPS) is 23.3. The number of pyridine rings is 1. The van der Waals surface area contributed by atoms with Crippen LogP contribution in [-0.2, 0) is 11.8 Å². The minimum absolute atomic E-state index is 0.182. The predicted molar refractivity (Wildman–Crippen MR) is 73.3 cm³/mol. The lowest BCUT2D eigenvalue weighted by atomic mass is 9.79. The number of hydrogen-bond acceptors (Lipinski definition) is 4. The van der Waals surface area contributed by atoms with Crippen LogP contribution in [0.4, 0.5) is 11.5 Å². The number of Topliss-reactive ketones (excluding diaryl/α,β-unsaturated/α-hetero) is 1. The van der Waals surface area contributed by atoms with E-state index < -0.39 is 5.41 Å². The number of anilines is 2. The van der Waals surface area contributed by atoms with Crippen molar-refractivity contribution in [3.05, 3.63) is 53.2 Å². The maximum absolute atomic E-state index is 12.8. The second-order valence-corrected chi connectivity index (χ2v) is 5.26. The first-order valence-electron chi connectivity index (χ1n) is 6.33. The molecule has 1 aliphatic carbocycles. The summed E-state index contributed by atoms with van der Waals surface area (Å²) in [5.74, 6) is 1.01. The summed E-state index contributed by atoms with van der Waals surface area (Å²) in [7, 11) is 0. The Bertz CT molecular complexity index is 710. The Morgan fingerprint density at radius 3 is 3.11 bits per heavy atom. The Morgan fingerprint density at radius 1 is 1.32 bits per heavy atom. The van der Waals surface area contributed by atoms with Crippen molar-refractivity contribution in [3.63, 3.8) is 0 Å². The highest BCUT2D eigenvalue weighted by molar-refractivity contribution is 6.10. The standard InChI is InChI=1S/C15H13N3O/c16-10-3-4-11-9(6-10)7-15(13(11)19)8-18-14-12(15)2-1-5-17-14/h1-6H,7-8,16H2,(H,17,18)/t15-/m0/s1. The second kappa shape index (κ2) is 3.35. The van der Waals surface area contributed by atoms with E-state index in [1.54, 1.807) is 12.3 Å². The summed E-state index contributed by atoms with van der Waals surface area (Å²) in [5, 5.41) is 3.25. The predicted octanol–water partition coefficient (Wildman–Crippen LogP) is 1.77. The monoisotopic (exact) mass is 251 g/mol. The fraction of sp³-hybridized carbons (Fsp3) is 0.200. The molecule has 0 amide bonds. The van der Waals surface area contributed by atoms with E-state index in [4.69, 9.17) is 5.73 Å². The van der Waals surface area contributed by atoms with Gasteiger partial charge in [0.25, 0.3) is 0 Å². The quantitative estimate of drug-likeness (QED) is 0.700. The van der Waals surface area contributed by atoms with Gasteiger partial charge in [-0.2, -0.15) is 0 Å². The van der Waals surface area contributed by atoms with Crippen molar-refractivity contribution in [2.75, 3.05) is 17.6 Å². The molecular formula is C15H13N3O. The number of ketones is 1. The third-order valence-corrected chi connectivity index (χ3v) is 4.18. The fourth-order valence-corrected chi connectivity index (χ4v) is 3.27. The fourth-order valence-electron chi connectivity index (χ4n) is 3.27. The molecule has 2 heterocycles. The molecule has 0 radical (unpaired) electrons. The molecule has 2 aliphatic rings. The van der Waals surface area contributed by atoms with E-state index in [1.807, 2.05) is 24.3 Å². The van der Waals surface area contributed by atoms with Gasteiger partial charge < -0.3 is 11.1 Å². The molecular weight excluding hydrogens is 238 g/mol. The number of carbonyl (C=O) groups excluding carboxylic acids is 1. The Balaban J connectivity index is 1.91. The SMILES string of the molecule is Nc1ccc2c(c1)C[C@@]1(CNc3ncccc31)C2=O. The third-order valence-electron chi connectivity index (χ3n) is 4.18. The highest BCUT2D eigenvalue weighted by Gasteiger charge is 2.51. The lowest BCUT2D eigenvalue weighted by Crippen LogP contribution is -2.35. The molecule has 4 heteroatoms. The van der Waals surface area contributed by atoms with Crippen LogP contribution in [0.1, 0.15) is 21.5 Å². The van der Waals surface area contributed by atoms with E-state index in [0.29, 0.717) is 18.7 Å². The van der Waals surface area contributed by atoms with Crippen LogP contribution in [0.3, 0.4) is 0 Å². The van der Waals surface area contributed by atoms with Gasteiger partial charge >= 0.3 is 0 Å². The number of nitrogens with one attached hydrogen (secondary N) is 1. The number of carbonyl (C=O) groups is 1. The van der Waals surface area contributed by atoms with Crippen molar-refractivity contribution in [3.8, 4) is 0 Å². The lowest BCUT2D eigenvalue weighted by molar-refractivity contribution is 0.0916. The Labute approximate surface area is 110 Å². The molecule has 2 aromatic rings. The molecule has 0 unspecified atom stereocenters. The number of rotatable bonds is 0. The largest absolute Gasteiger partial charge is 0.399 e. The van der Waals surface area contributed by atoms with Gasteiger partial charge in [0.2, 0.25) is 0 Å². The summed E-state index contributed by atoms with van der Waals surface area (Å²) in [6, 6.07) is 9.43. The van der Waals surface area contributed by atoms with Gasteiger partial charge in [0.15, 0.2) is 5.78 Å². The number of nitrogen functional groups attached to an aromatic ring is 1. The van der Waals surface area contributed by atoms with Gasteiger partial charge in [-0.15, -0.1) is 0 Å². The minimum atomic E-state index is -0.486. The third kappa shape index (κ3) is 1.23. The molecule has 4 nitrogen and oxygen atoms in total. The number of nitrogens with zero attached hydrogens (tertiary/aromatic N) is 1. The van der Waals surface area contributed by atoms with Crippen LogP contribution in [0.15, 0.2) is 36.5 Å². The summed E-state index contributed by atoms with van der Waals surface area (Å²) >= 11 is 0. The molecule has 1 spiro atoms. The van der Waals surface area contributed by atoms with Crippen LogP contribution in [0.25, 0.3) is 0 Å². The van der Waals surface area contributed by atoms with Crippen molar-refractivity contribution < 1.29 is 4.79 Å².